The lowest BCUT2D eigenvalue weighted by Crippen LogP contribution is -2.38. The molecule has 4 heteroatoms. The topological polar surface area (TPSA) is 46.6 Å². The van der Waals surface area contributed by atoms with Gasteiger partial charge in [0, 0.05) is 0 Å². The fourth-order valence-corrected chi connectivity index (χ4v) is 2.79. The molecule has 4 rings (SSSR count). The number of hydrogen-bond acceptors (Lipinski definition) is 3. The predicted molar refractivity (Wildman–Crippen MR) is 72.9 cm³/mol. The van der Waals surface area contributed by atoms with E-state index in [4.69, 9.17) is 4.74 Å². The molecule has 0 saturated heterocycles. The van der Waals surface area contributed by atoms with E-state index in [1.54, 1.807) is 18.2 Å². The molecule has 1 amide bonds. The standard InChI is InChI=1S/C16H11NO3/c18-15-11-7-4-8-12-14(11)17(16(15)19)9-13(20-12)10-5-2-1-3-6-10/h1-8,13H,9H2. The second-order valence-electron chi connectivity index (χ2n) is 4.91. The normalized spacial score (nSPS) is 19.8. The van der Waals surface area contributed by atoms with Gasteiger partial charge in [0.1, 0.15) is 11.9 Å². The SMILES string of the molecule is O=C1C(=O)N2CC(c3ccccc3)Oc3cccc1c32. The van der Waals surface area contributed by atoms with Crippen molar-refractivity contribution in [3.8, 4) is 5.75 Å². The number of carbonyl (C=O) groups is 2. The van der Waals surface area contributed by atoms with Crippen LogP contribution in [0.15, 0.2) is 48.5 Å². The zero-order valence-electron chi connectivity index (χ0n) is 10.6. The van der Waals surface area contributed by atoms with E-state index in [1.807, 2.05) is 30.3 Å². The first-order valence-electron chi connectivity index (χ1n) is 6.46. The van der Waals surface area contributed by atoms with Crippen molar-refractivity contribution in [2.24, 2.45) is 0 Å². The van der Waals surface area contributed by atoms with Gasteiger partial charge in [-0.25, -0.2) is 0 Å². The Morgan fingerprint density at radius 1 is 1.00 bits per heavy atom. The molecule has 1 unspecified atom stereocenters. The lowest BCUT2D eigenvalue weighted by Gasteiger charge is -2.32. The first-order chi connectivity index (χ1) is 9.75. The van der Waals surface area contributed by atoms with Gasteiger partial charge >= 0.3 is 0 Å². The minimum absolute atomic E-state index is 0.242. The maximum Gasteiger partial charge on any atom is 0.299 e. The molecule has 1 atom stereocenters. The van der Waals surface area contributed by atoms with Gasteiger partial charge < -0.3 is 4.74 Å². The number of amides is 1. The van der Waals surface area contributed by atoms with Crippen molar-refractivity contribution in [2.45, 2.75) is 6.10 Å². The average molecular weight is 265 g/mol. The number of ether oxygens (including phenoxy) is 1. The Bertz CT molecular complexity index is 724. The van der Waals surface area contributed by atoms with Gasteiger partial charge in [0.25, 0.3) is 11.7 Å². The molecular weight excluding hydrogens is 254 g/mol. The van der Waals surface area contributed by atoms with Crippen molar-refractivity contribution in [1.82, 2.24) is 0 Å². The third-order valence-electron chi connectivity index (χ3n) is 3.74. The molecule has 0 aromatic heterocycles. The van der Waals surface area contributed by atoms with E-state index in [1.165, 1.54) is 4.90 Å². The van der Waals surface area contributed by atoms with Gasteiger partial charge in [0.05, 0.1) is 17.8 Å². The lowest BCUT2D eigenvalue weighted by molar-refractivity contribution is -0.114. The van der Waals surface area contributed by atoms with Gasteiger partial charge in [0.2, 0.25) is 0 Å². The van der Waals surface area contributed by atoms with Gasteiger partial charge in [0.15, 0.2) is 0 Å². The molecule has 0 spiro atoms. The smallest absolute Gasteiger partial charge is 0.299 e. The third kappa shape index (κ3) is 1.42. The summed E-state index contributed by atoms with van der Waals surface area (Å²) in [6.45, 7) is 0.374. The molecule has 20 heavy (non-hydrogen) atoms. The van der Waals surface area contributed by atoms with Crippen molar-refractivity contribution in [3.63, 3.8) is 0 Å². The number of benzene rings is 2. The molecular formula is C16H11NO3. The molecule has 0 fully saturated rings. The van der Waals surface area contributed by atoms with E-state index in [2.05, 4.69) is 0 Å². The van der Waals surface area contributed by atoms with Gasteiger partial charge in [-0.15, -0.1) is 0 Å². The minimum atomic E-state index is -0.461. The number of hydrogen-bond donors (Lipinski definition) is 0. The molecule has 0 radical (unpaired) electrons. The van der Waals surface area contributed by atoms with Crippen LogP contribution < -0.4 is 9.64 Å². The Hall–Kier alpha value is -2.62. The van der Waals surface area contributed by atoms with Crippen LogP contribution in [0.2, 0.25) is 0 Å². The van der Waals surface area contributed by atoms with Gasteiger partial charge in [-0.3, -0.25) is 14.5 Å². The van der Waals surface area contributed by atoms with E-state index < -0.39 is 11.7 Å². The maximum absolute atomic E-state index is 12.1. The molecule has 98 valence electrons. The summed E-state index contributed by atoms with van der Waals surface area (Å²) in [6.07, 6.45) is -0.242. The second-order valence-corrected chi connectivity index (χ2v) is 4.91. The first-order valence-corrected chi connectivity index (χ1v) is 6.46. The van der Waals surface area contributed by atoms with Crippen LogP contribution in [0.5, 0.6) is 5.75 Å². The summed E-state index contributed by atoms with van der Waals surface area (Å²) >= 11 is 0. The molecule has 0 N–H and O–H groups in total. The summed E-state index contributed by atoms with van der Waals surface area (Å²) in [5, 5.41) is 0. The summed E-state index contributed by atoms with van der Waals surface area (Å²) in [4.78, 5) is 25.6. The van der Waals surface area contributed by atoms with Gasteiger partial charge in [-0.1, -0.05) is 36.4 Å². The maximum atomic E-state index is 12.1. The van der Waals surface area contributed by atoms with Crippen LogP contribution in [0.4, 0.5) is 5.69 Å². The number of rotatable bonds is 1. The van der Waals surface area contributed by atoms with E-state index in [0.29, 0.717) is 23.5 Å². The fourth-order valence-electron chi connectivity index (χ4n) is 2.79. The second kappa shape index (κ2) is 3.93. The Morgan fingerprint density at radius 2 is 1.80 bits per heavy atom. The van der Waals surface area contributed by atoms with Crippen LogP contribution >= 0.6 is 0 Å². The fraction of sp³-hybridized carbons (Fsp3) is 0.125. The summed E-state index contributed by atoms with van der Waals surface area (Å²) in [6, 6.07) is 14.9. The Labute approximate surface area is 115 Å². The molecule has 2 aromatic rings. The quantitative estimate of drug-likeness (QED) is 0.743. The molecule has 2 heterocycles. The Morgan fingerprint density at radius 3 is 2.60 bits per heavy atom. The van der Waals surface area contributed by atoms with Crippen LogP contribution in [0, 0.1) is 0 Å². The number of nitrogens with zero attached hydrogens (tertiary/aromatic N) is 1. The number of carbonyl (C=O) groups excluding carboxylic acids is 2. The molecule has 0 aliphatic carbocycles. The Balaban J connectivity index is 1.82. The molecule has 2 aliphatic rings. The molecule has 2 aromatic carbocycles. The van der Waals surface area contributed by atoms with Crippen LogP contribution in [-0.4, -0.2) is 18.2 Å². The molecule has 0 bridgehead atoms. The van der Waals surface area contributed by atoms with E-state index in [9.17, 15) is 9.59 Å². The third-order valence-corrected chi connectivity index (χ3v) is 3.74. The highest BCUT2D eigenvalue weighted by molar-refractivity contribution is 6.52. The van der Waals surface area contributed by atoms with Crippen molar-refractivity contribution >= 4 is 17.4 Å². The summed E-state index contributed by atoms with van der Waals surface area (Å²) in [5.74, 6) is -0.308. The largest absolute Gasteiger partial charge is 0.482 e. The van der Waals surface area contributed by atoms with Crippen molar-refractivity contribution in [1.29, 1.82) is 0 Å². The van der Waals surface area contributed by atoms with Crippen LogP contribution in [0.3, 0.4) is 0 Å². The van der Waals surface area contributed by atoms with E-state index in [-0.39, 0.29) is 6.10 Å². The van der Waals surface area contributed by atoms with Crippen molar-refractivity contribution < 1.29 is 14.3 Å². The number of anilines is 1. The van der Waals surface area contributed by atoms with Crippen LogP contribution in [0.25, 0.3) is 0 Å². The lowest BCUT2D eigenvalue weighted by atomic mass is 10.1. The number of ketones is 1. The van der Waals surface area contributed by atoms with Crippen LogP contribution in [-0.2, 0) is 4.79 Å². The van der Waals surface area contributed by atoms with Gasteiger partial charge in [-0.2, -0.15) is 0 Å². The molecule has 4 nitrogen and oxygen atoms in total. The molecule has 2 aliphatic heterocycles. The highest BCUT2D eigenvalue weighted by atomic mass is 16.5. The summed E-state index contributed by atoms with van der Waals surface area (Å²) in [7, 11) is 0. The minimum Gasteiger partial charge on any atom is -0.482 e. The van der Waals surface area contributed by atoms with E-state index >= 15 is 0 Å². The first kappa shape index (κ1) is 11.2. The predicted octanol–water partition coefficient (Wildman–Crippen LogP) is 2.35. The van der Waals surface area contributed by atoms with Crippen molar-refractivity contribution in [3.05, 3.63) is 59.7 Å². The van der Waals surface area contributed by atoms with Gasteiger partial charge in [-0.05, 0) is 17.7 Å². The monoisotopic (exact) mass is 265 g/mol. The zero-order chi connectivity index (χ0) is 13.7. The van der Waals surface area contributed by atoms with Crippen molar-refractivity contribution in [2.75, 3.05) is 11.4 Å². The van der Waals surface area contributed by atoms with Crippen LogP contribution in [0.1, 0.15) is 22.0 Å². The highest BCUT2D eigenvalue weighted by Crippen LogP contribution is 2.44. The summed E-state index contributed by atoms with van der Waals surface area (Å²) < 4.78 is 5.96. The number of para-hydroxylation sites is 1. The Kier molecular flexibility index (Phi) is 2.21. The van der Waals surface area contributed by atoms with E-state index in [0.717, 1.165) is 5.56 Å². The zero-order valence-corrected chi connectivity index (χ0v) is 10.6. The summed E-state index contributed by atoms with van der Waals surface area (Å²) in [5.41, 5.74) is 2.06. The average Bonchev–Trinajstić information content (AvgIpc) is 2.75. The highest BCUT2D eigenvalue weighted by Gasteiger charge is 2.42. The number of Topliss-reactive ketones (excluding diaryl/α,β-unsaturated/α-hetero) is 1. The molecule has 0 saturated carbocycles.